The first-order valence-electron chi connectivity index (χ1n) is 8.31. The Morgan fingerprint density at radius 2 is 2.15 bits per heavy atom. The molecule has 1 amide bonds. The second-order valence-electron chi connectivity index (χ2n) is 6.23. The molecule has 3 rings (SSSR count). The number of aromatic amines is 1. The van der Waals surface area contributed by atoms with Crippen molar-refractivity contribution in [1.29, 1.82) is 0 Å². The molecule has 0 saturated heterocycles. The highest BCUT2D eigenvalue weighted by Crippen LogP contribution is 2.23. The average molecular weight is 358 g/mol. The molecule has 0 aliphatic heterocycles. The number of nitrogens with zero attached hydrogens (tertiary/aromatic N) is 5. The molecule has 0 saturated carbocycles. The number of amides is 1. The molecule has 1 unspecified atom stereocenters. The van der Waals surface area contributed by atoms with E-state index in [9.17, 15) is 9.59 Å². The number of fused-ring (bicyclic) bond motifs is 1. The number of carbonyl (C=O) groups is 1. The van der Waals surface area contributed by atoms with E-state index in [1.165, 1.54) is 10.9 Å². The van der Waals surface area contributed by atoms with Crippen LogP contribution in [0.25, 0.3) is 11.2 Å². The molecule has 0 bridgehead atoms. The molecule has 3 heterocycles. The second kappa shape index (κ2) is 6.62. The van der Waals surface area contributed by atoms with Crippen LogP contribution < -0.4 is 16.6 Å². The average Bonchev–Trinajstić information content (AvgIpc) is 3.07. The van der Waals surface area contributed by atoms with Gasteiger partial charge in [-0.05, 0) is 20.3 Å². The summed E-state index contributed by atoms with van der Waals surface area (Å²) in [5.74, 6) is -0.225. The highest BCUT2D eigenvalue weighted by Gasteiger charge is 2.21. The quantitative estimate of drug-likeness (QED) is 0.601. The number of aryl methyl sites for hydroxylation is 2. The third-order valence-corrected chi connectivity index (χ3v) is 4.46. The van der Waals surface area contributed by atoms with E-state index in [4.69, 9.17) is 5.73 Å². The van der Waals surface area contributed by atoms with Crippen LogP contribution in [0, 0.1) is 13.8 Å². The van der Waals surface area contributed by atoms with E-state index in [1.54, 1.807) is 0 Å². The van der Waals surface area contributed by atoms with E-state index >= 15 is 0 Å². The third-order valence-electron chi connectivity index (χ3n) is 4.46. The Kier molecular flexibility index (Phi) is 4.49. The van der Waals surface area contributed by atoms with Crippen molar-refractivity contribution in [2.45, 2.75) is 39.8 Å². The highest BCUT2D eigenvalue weighted by molar-refractivity contribution is 5.79. The SMILES string of the molecule is CCC(NC(=O)Cn1cnc2c(=O)[nH]c(N)nc21)c1c(C)nn(C)c1C. The summed E-state index contributed by atoms with van der Waals surface area (Å²) < 4.78 is 3.31. The van der Waals surface area contributed by atoms with Crippen molar-refractivity contribution in [1.82, 2.24) is 34.6 Å². The number of nitrogens with one attached hydrogen (secondary N) is 2. The van der Waals surface area contributed by atoms with Crippen LogP contribution in [-0.2, 0) is 18.4 Å². The van der Waals surface area contributed by atoms with Gasteiger partial charge >= 0.3 is 0 Å². The van der Waals surface area contributed by atoms with Crippen molar-refractivity contribution >= 4 is 23.0 Å². The number of aromatic nitrogens is 6. The van der Waals surface area contributed by atoms with Crippen LogP contribution >= 0.6 is 0 Å². The predicted octanol–water partition coefficient (Wildman–Crippen LogP) is 0.320. The first-order chi connectivity index (χ1) is 12.3. The summed E-state index contributed by atoms with van der Waals surface area (Å²) in [7, 11) is 1.88. The van der Waals surface area contributed by atoms with Gasteiger partial charge in [-0.2, -0.15) is 10.1 Å². The van der Waals surface area contributed by atoms with E-state index in [-0.39, 0.29) is 35.6 Å². The molecule has 26 heavy (non-hydrogen) atoms. The molecule has 0 aromatic carbocycles. The molecular formula is C16H22N8O2. The fourth-order valence-corrected chi connectivity index (χ4v) is 3.15. The number of hydrogen-bond acceptors (Lipinski definition) is 6. The van der Waals surface area contributed by atoms with Crippen LogP contribution in [0.2, 0.25) is 0 Å². The molecule has 0 spiro atoms. The summed E-state index contributed by atoms with van der Waals surface area (Å²) in [4.78, 5) is 34.8. The van der Waals surface area contributed by atoms with Crippen molar-refractivity contribution in [2.24, 2.45) is 7.05 Å². The van der Waals surface area contributed by atoms with Gasteiger partial charge < -0.3 is 15.6 Å². The minimum atomic E-state index is -0.431. The van der Waals surface area contributed by atoms with Crippen molar-refractivity contribution in [3.05, 3.63) is 33.6 Å². The van der Waals surface area contributed by atoms with Gasteiger partial charge in [-0.25, -0.2) is 4.98 Å². The Bertz CT molecular complexity index is 1030. The lowest BCUT2D eigenvalue weighted by Crippen LogP contribution is -2.32. The molecule has 0 aliphatic carbocycles. The normalized spacial score (nSPS) is 12.5. The molecule has 10 heteroatoms. The van der Waals surface area contributed by atoms with Crippen molar-refractivity contribution in [3.8, 4) is 0 Å². The lowest BCUT2D eigenvalue weighted by atomic mass is 10.0. The summed E-state index contributed by atoms with van der Waals surface area (Å²) in [6, 6.07) is -0.146. The van der Waals surface area contributed by atoms with Gasteiger partial charge in [-0.3, -0.25) is 19.3 Å². The lowest BCUT2D eigenvalue weighted by Gasteiger charge is -2.18. The minimum absolute atomic E-state index is 0.0126. The fourth-order valence-electron chi connectivity index (χ4n) is 3.15. The van der Waals surface area contributed by atoms with Crippen LogP contribution in [0.5, 0.6) is 0 Å². The van der Waals surface area contributed by atoms with Gasteiger partial charge in [0.2, 0.25) is 11.9 Å². The Morgan fingerprint density at radius 3 is 2.77 bits per heavy atom. The standard InChI is InChI=1S/C16H22N8O2/c1-5-10(12-8(2)22-23(4)9(12)3)19-11(25)6-24-7-18-13-14(24)20-16(17)21-15(13)26/h7,10H,5-6H2,1-4H3,(H,19,25)(H3,17,20,21,26). The molecule has 4 N–H and O–H groups in total. The molecule has 3 aromatic heterocycles. The zero-order chi connectivity index (χ0) is 19.0. The van der Waals surface area contributed by atoms with E-state index in [1.807, 2.05) is 32.5 Å². The van der Waals surface area contributed by atoms with Crippen molar-refractivity contribution in [2.75, 3.05) is 5.73 Å². The number of imidazole rings is 1. The van der Waals surface area contributed by atoms with Crippen LogP contribution in [0.15, 0.2) is 11.1 Å². The Morgan fingerprint density at radius 1 is 1.42 bits per heavy atom. The zero-order valence-electron chi connectivity index (χ0n) is 15.2. The van der Waals surface area contributed by atoms with Crippen LogP contribution in [0.4, 0.5) is 5.95 Å². The topological polar surface area (TPSA) is 137 Å². The molecule has 0 fully saturated rings. The van der Waals surface area contributed by atoms with Gasteiger partial charge in [0.25, 0.3) is 5.56 Å². The fraction of sp³-hybridized carbons (Fsp3) is 0.438. The largest absolute Gasteiger partial charge is 0.369 e. The molecule has 3 aromatic rings. The number of rotatable bonds is 5. The second-order valence-corrected chi connectivity index (χ2v) is 6.23. The highest BCUT2D eigenvalue weighted by atomic mass is 16.2. The maximum absolute atomic E-state index is 12.6. The number of nitrogens with two attached hydrogens (primary N) is 1. The van der Waals surface area contributed by atoms with E-state index < -0.39 is 5.56 Å². The predicted molar refractivity (Wildman–Crippen MR) is 96.4 cm³/mol. The summed E-state index contributed by atoms with van der Waals surface area (Å²) in [6.45, 7) is 5.90. The maximum atomic E-state index is 12.6. The summed E-state index contributed by atoms with van der Waals surface area (Å²) >= 11 is 0. The van der Waals surface area contributed by atoms with Gasteiger partial charge in [0, 0.05) is 18.3 Å². The number of carbonyl (C=O) groups excluding carboxylic acids is 1. The number of anilines is 1. The van der Waals surface area contributed by atoms with Crippen molar-refractivity contribution < 1.29 is 4.79 Å². The number of nitrogen functional groups attached to an aromatic ring is 1. The maximum Gasteiger partial charge on any atom is 0.280 e. The van der Waals surface area contributed by atoms with Gasteiger partial charge in [0.05, 0.1) is 18.1 Å². The molecule has 1 atom stereocenters. The number of H-pyrrole nitrogens is 1. The molecular weight excluding hydrogens is 336 g/mol. The van der Waals surface area contributed by atoms with Crippen LogP contribution in [0.1, 0.15) is 36.3 Å². The Labute approximate surface area is 149 Å². The van der Waals surface area contributed by atoms with Gasteiger partial charge in [0.1, 0.15) is 6.54 Å². The van der Waals surface area contributed by atoms with E-state index in [0.717, 1.165) is 23.4 Å². The summed E-state index contributed by atoms with van der Waals surface area (Å²) in [5, 5.41) is 7.44. The smallest absolute Gasteiger partial charge is 0.280 e. The van der Waals surface area contributed by atoms with Crippen molar-refractivity contribution in [3.63, 3.8) is 0 Å². The van der Waals surface area contributed by atoms with Crippen LogP contribution in [0.3, 0.4) is 0 Å². The first-order valence-corrected chi connectivity index (χ1v) is 8.31. The molecule has 0 radical (unpaired) electrons. The van der Waals surface area contributed by atoms with Gasteiger partial charge in [-0.15, -0.1) is 0 Å². The Balaban J connectivity index is 1.83. The minimum Gasteiger partial charge on any atom is -0.369 e. The third kappa shape index (κ3) is 3.05. The van der Waals surface area contributed by atoms with Gasteiger partial charge in [0.15, 0.2) is 11.2 Å². The zero-order valence-corrected chi connectivity index (χ0v) is 15.2. The molecule has 10 nitrogen and oxygen atoms in total. The Hall–Kier alpha value is -3.17. The summed E-state index contributed by atoms with van der Waals surface area (Å²) in [5.41, 5.74) is 8.52. The summed E-state index contributed by atoms with van der Waals surface area (Å²) in [6.07, 6.45) is 2.14. The number of hydrogen-bond donors (Lipinski definition) is 3. The van der Waals surface area contributed by atoms with E-state index in [2.05, 4.69) is 25.4 Å². The monoisotopic (exact) mass is 358 g/mol. The first kappa shape index (κ1) is 17.6. The van der Waals surface area contributed by atoms with Crippen LogP contribution in [-0.4, -0.2) is 35.2 Å². The molecule has 138 valence electrons. The van der Waals surface area contributed by atoms with Gasteiger partial charge in [-0.1, -0.05) is 6.92 Å². The van der Waals surface area contributed by atoms with E-state index in [0.29, 0.717) is 0 Å². The lowest BCUT2D eigenvalue weighted by molar-refractivity contribution is -0.122. The molecule has 0 aliphatic rings.